The molecule has 0 aliphatic heterocycles. The summed E-state index contributed by atoms with van der Waals surface area (Å²) in [6, 6.07) is 6.66. The minimum absolute atomic E-state index is 0.260. The van der Waals surface area contributed by atoms with E-state index in [0.717, 1.165) is 22.4 Å². The maximum Gasteiger partial charge on any atom is 0.390 e. The van der Waals surface area contributed by atoms with Crippen molar-refractivity contribution in [2.45, 2.75) is 45.1 Å². The quantitative estimate of drug-likeness (QED) is 0.455. The third kappa shape index (κ3) is 5.18. The SMILES string of the molecule is CC=Cc1cc(NCCC(F)(F)F)c2ncc(-c3ccc(C(=O)N[C@H]4C[C@@H]4F)c(C)c3)n2c1. The molecule has 1 aromatic carbocycles. The van der Waals surface area contributed by atoms with Crippen molar-refractivity contribution in [2.24, 2.45) is 0 Å². The first-order chi connectivity index (χ1) is 15.7. The summed E-state index contributed by atoms with van der Waals surface area (Å²) in [4.78, 5) is 16.8. The molecule has 0 saturated heterocycles. The molecule has 0 unspecified atom stereocenters. The van der Waals surface area contributed by atoms with Crippen molar-refractivity contribution in [1.29, 1.82) is 0 Å². The van der Waals surface area contributed by atoms with E-state index in [0.29, 0.717) is 23.3 Å². The highest BCUT2D eigenvalue weighted by Crippen LogP contribution is 2.29. The third-order valence-corrected chi connectivity index (χ3v) is 5.51. The Bertz CT molecular complexity index is 1220. The number of imidazole rings is 1. The lowest BCUT2D eigenvalue weighted by atomic mass is 10.0. The molecule has 1 amide bonds. The molecule has 1 aliphatic carbocycles. The van der Waals surface area contributed by atoms with Crippen LogP contribution in [0.3, 0.4) is 0 Å². The number of benzene rings is 1. The Morgan fingerprint density at radius 3 is 2.70 bits per heavy atom. The molecule has 5 nitrogen and oxygen atoms in total. The van der Waals surface area contributed by atoms with Crippen LogP contribution in [0.4, 0.5) is 23.2 Å². The van der Waals surface area contributed by atoms with Crippen molar-refractivity contribution in [3.8, 4) is 11.3 Å². The number of aryl methyl sites for hydroxylation is 1. The molecule has 1 saturated carbocycles. The number of hydrogen-bond donors (Lipinski definition) is 2. The molecule has 2 heterocycles. The van der Waals surface area contributed by atoms with E-state index < -0.39 is 24.8 Å². The van der Waals surface area contributed by atoms with Crippen molar-refractivity contribution in [2.75, 3.05) is 11.9 Å². The number of aromatic nitrogens is 2. The van der Waals surface area contributed by atoms with Crippen LogP contribution < -0.4 is 10.6 Å². The van der Waals surface area contributed by atoms with Crippen LogP contribution in [0.2, 0.25) is 0 Å². The van der Waals surface area contributed by atoms with Crippen LogP contribution in [0.1, 0.15) is 41.3 Å². The molecule has 1 fully saturated rings. The van der Waals surface area contributed by atoms with Gasteiger partial charge < -0.3 is 10.6 Å². The van der Waals surface area contributed by atoms with Crippen LogP contribution in [0.25, 0.3) is 23.0 Å². The maximum atomic E-state index is 13.1. The van der Waals surface area contributed by atoms with Gasteiger partial charge in [-0.25, -0.2) is 9.37 Å². The number of fused-ring (bicyclic) bond motifs is 1. The summed E-state index contributed by atoms with van der Waals surface area (Å²) in [7, 11) is 0. The van der Waals surface area contributed by atoms with Gasteiger partial charge in [-0.1, -0.05) is 18.2 Å². The summed E-state index contributed by atoms with van der Waals surface area (Å²) in [5.41, 5.74) is 4.53. The smallest absolute Gasteiger partial charge is 0.382 e. The summed E-state index contributed by atoms with van der Waals surface area (Å²) in [5.74, 6) is -0.311. The lowest BCUT2D eigenvalue weighted by Gasteiger charge is -2.13. The standard InChI is InChI=1S/C24H24F4N4O/c1-3-4-15-10-20(29-8-7-24(26,27)28)22-30-12-21(32(22)13-15)16-5-6-17(14(2)9-16)23(33)31-19-11-18(19)25/h3-6,9-10,12-13,18-19,29H,7-8,11H2,1-2H3,(H,31,33)/t18-,19-/m0/s1. The van der Waals surface area contributed by atoms with Gasteiger partial charge in [-0.2, -0.15) is 13.2 Å². The number of amides is 1. The Hall–Kier alpha value is -3.36. The number of allylic oxidation sites excluding steroid dienone is 1. The highest BCUT2D eigenvalue weighted by atomic mass is 19.4. The number of rotatable bonds is 7. The highest BCUT2D eigenvalue weighted by molar-refractivity contribution is 5.96. The average molecular weight is 460 g/mol. The minimum Gasteiger partial charge on any atom is -0.382 e. The zero-order valence-electron chi connectivity index (χ0n) is 18.2. The summed E-state index contributed by atoms with van der Waals surface area (Å²) < 4.78 is 52.7. The van der Waals surface area contributed by atoms with E-state index in [1.807, 2.05) is 35.7 Å². The van der Waals surface area contributed by atoms with Gasteiger partial charge >= 0.3 is 6.18 Å². The monoisotopic (exact) mass is 460 g/mol. The predicted molar refractivity (Wildman–Crippen MR) is 120 cm³/mol. The number of pyridine rings is 1. The molecule has 0 spiro atoms. The summed E-state index contributed by atoms with van der Waals surface area (Å²) in [6.07, 6.45) is 1.38. The number of halogens is 4. The number of carbonyl (C=O) groups excluding carboxylic acids is 1. The van der Waals surface area contributed by atoms with E-state index >= 15 is 0 Å². The molecule has 2 atom stereocenters. The van der Waals surface area contributed by atoms with Crippen LogP contribution in [0.5, 0.6) is 0 Å². The molecule has 174 valence electrons. The Kier molecular flexibility index (Phi) is 6.14. The molecule has 33 heavy (non-hydrogen) atoms. The van der Waals surface area contributed by atoms with Crippen LogP contribution in [0, 0.1) is 6.92 Å². The Balaban J connectivity index is 1.66. The number of nitrogens with one attached hydrogen (secondary N) is 2. The Labute approximate surface area is 188 Å². The van der Waals surface area contributed by atoms with Crippen molar-refractivity contribution >= 4 is 23.3 Å². The van der Waals surface area contributed by atoms with Gasteiger partial charge in [0.15, 0.2) is 5.65 Å². The summed E-state index contributed by atoms with van der Waals surface area (Å²) >= 11 is 0. The fourth-order valence-electron chi connectivity index (χ4n) is 3.71. The number of nitrogens with zero attached hydrogens (tertiary/aromatic N) is 2. The van der Waals surface area contributed by atoms with Crippen LogP contribution in [0.15, 0.2) is 42.7 Å². The van der Waals surface area contributed by atoms with Crippen molar-refractivity contribution in [3.05, 3.63) is 59.4 Å². The lowest BCUT2D eigenvalue weighted by Crippen LogP contribution is -2.27. The van der Waals surface area contributed by atoms with Crippen LogP contribution >= 0.6 is 0 Å². The van der Waals surface area contributed by atoms with Crippen molar-refractivity contribution in [1.82, 2.24) is 14.7 Å². The fraction of sp³-hybridized carbons (Fsp3) is 0.333. The van der Waals surface area contributed by atoms with E-state index in [9.17, 15) is 22.4 Å². The molecule has 2 aromatic heterocycles. The molecular weight excluding hydrogens is 436 g/mol. The van der Waals surface area contributed by atoms with Crippen LogP contribution in [-0.4, -0.2) is 40.2 Å². The lowest BCUT2D eigenvalue weighted by molar-refractivity contribution is -0.131. The Morgan fingerprint density at radius 1 is 1.30 bits per heavy atom. The van der Waals surface area contributed by atoms with Crippen molar-refractivity contribution < 1.29 is 22.4 Å². The molecule has 0 bridgehead atoms. The zero-order valence-corrected chi connectivity index (χ0v) is 18.2. The van der Waals surface area contributed by atoms with Gasteiger partial charge in [0.25, 0.3) is 5.91 Å². The largest absolute Gasteiger partial charge is 0.390 e. The number of alkyl halides is 4. The third-order valence-electron chi connectivity index (χ3n) is 5.51. The first-order valence-corrected chi connectivity index (χ1v) is 10.7. The van der Waals surface area contributed by atoms with Crippen LogP contribution in [-0.2, 0) is 0 Å². The van der Waals surface area contributed by atoms with Gasteiger partial charge in [0, 0.05) is 30.3 Å². The second-order valence-corrected chi connectivity index (χ2v) is 8.18. The Morgan fingerprint density at radius 2 is 2.06 bits per heavy atom. The van der Waals surface area contributed by atoms with Gasteiger partial charge in [-0.3, -0.25) is 9.20 Å². The molecule has 4 rings (SSSR count). The average Bonchev–Trinajstić information content (AvgIpc) is 3.25. The number of carbonyl (C=O) groups is 1. The molecule has 9 heteroatoms. The molecule has 3 aromatic rings. The first kappa shape index (κ1) is 22.8. The van der Waals surface area contributed by atoms with E-state index in [2.05, 4.69) is 15.6 Å². The van der Waals surface area contributed by atoms with E-state index in [4.69, 9.17) is 0 Å². The van der Waals surface area contributed by atoms with Gasteiger partial charge in [-0.15, -0.1) is 0 Å². The molecule has 0 radical (unpaired) electrons. The summed E-state index contributed by atoms with van der Waals surface area (Å²) in [6.45, 7) is 3.40. The summed E-state index contributed by atoms with van der Waals surface area (Å²) in [5, 5.41) is 5.53. The van der Waals surface area contributed by atoms with E-state index in [1.165, 1.54) is 0 Å². The first-order valence-electron chi connectivity index (χ1n) is 10.7. The molecule has 2 N–H and O–H groups in total. The normalized spacial score (nSPS) is 18.1. The van der Waals surface area contributed by atoms with Gasteiger partial charge in [0.05, 0.1) is 30.0 Å². The zero-order chi connectivity index (χ0) is 23.8. The molecule has 1 aliphatic rings. The topological polar surface area (TPSA) is 58.4 Å². The van der Waals surface area contributed by atoms with Gasteiger partial charge in [-0.05, 0) is 43.2 Å². The van der Waals surface area contributed by atoms with E-state index in [1.54, 1.807) is 31.3 Å². The fourth-order valence-corrected chi connectivity index (χ4v) is 3.71. The number of anilines is 1. The predicted octanol–water partition coefficient (Wildman–Crippen LogP) is 5.55. The maximum absolute atomic E-state index is 13.1. The number of hydrogen-bond acceptors (Lipinski definition) is 3. The minimum atomic E-state index is -4.25. The second kappa shape index (κ2) is 8.88. The second-order valence-electron chi connectivity index (χ2n) is 8.18. The molecular formula is C24H24F4N4O. The highest BCUT2D eigenvalue weighted by Gasteiger charge is 2.38. The van der Waals surface area contributed by atoms with Gasteiger partial charge in [0.2, 0.25) is 0 Å². The van der Waals surface area contributed by atoms with Gasteiger partial charge in [0.1, 0.15) is 6.17 Å². The van der Waals surface area contributed by atoms with Crippen molar-refractivity contribution in [3.63, 3.8) is 0 Å². The van der Waals surface area contributed by atoms with E-state index in [-0.39, 0.29) is 12.5 Å².